The molecule has 0 unspecified atom stereocenters. The van der Waals surface area contributed by atoms with E-state index in [0.29, 0.717) is 24.7 Å². The summed E-state index contributed by atoms with van der Waals surface area (Å²) in [6.45, 7) is 2.28. The summed E-state index contributed by atoms with van der Waals surface area (Å²) in [7, 11) is -3.53. The topological polar surface area (TPSA) is 111 Å². The van der Waals surface area contributed by atoms with E-state index in [2.05, 4.69) is 14.9 Å². The van der Waals surface area contributed by atoms with Gasteiger partial charge < -0.3 is 10.3 Å². The highest BCUT2D eigenvalue weighted by Crippen LogP contribution is 2.10. The molecule has 0 atom stereocenters. The fourth-order valence-corrected chi connectivity index (χ4v) is 2.65. The van der Waals surface area contributed by atoms with E-state index >= 15 is 0 Å². The van der Waals surface area contributed by atoms with Gasteiger partial charge in [-0.15, -0.1) is 0 Å². The molecule has 0 fully saturated rings. The Hall–Kier alpha value is -1.77. The Kier molecular flexibility index (Phi) is 4.48. The van der Waals surface area contributed by atoms with Crippen molar-refractivity contribution in [2.75, 3.05) is 6.54 Å². The summed E-state index contributed by atoms with van der Waals surface area (Å²) in [5.74, 6) is 0.934. The zero-order chi connectivity index (χ0) is 14.6. The molecule has 2 rings (SSSR count). The van der Waals surface area contributed by atoms with Crippen LogP contribution in [0.25, 0.3) is 0 Å². The Bertz CT molecular complexity index is 664. The van der Waals surface area contributed by atoms with Gasteiger partial charge in [0.25, 0.3) is 0 Å². The van der Waals surface area contributed by atoms with Gasteiger partial charge >= 0.3 is 0 Å². The standard InChI is InChI=1S/C12H16N4O3S/c1-9-15-12(19-16-9)6-7-14-20(17,18)11-4-2-10(8-13)3-5-11/h2-5,14H,6-8,13H2,1H3. The average Bonchev–Trinajstić information content (AvgIpc) is 2.84. The number of aromatic nitrogens is 2. The fraction of sp³-hybridized carbons (Fsp3) is 0.333. The summed E-state index contributed by atoms with van der Waals surface area (Å²) in [6, 6.07) is 6.44. The van der Waals surface area contributed by atoms with Gasteiger partial charge in [-0.05, 0) is 24.6 Å². The number of nitrogens with zero attached hydrogens (tertiary/aromatic N) is 2. The van der Waals surface area contributed by atoms with Crippen molar-refractivity contribution < 1.29 is 12.9 Å². The minimum absolute atomic E-state index is 0.197. The number of nitrogens with one attached hydrogen (secondary N) is 1. The van der Waals surface area contributed by atoms with Crippen molar-refractivity contribution >= 4 is 10.0 Å². The molecule has 8 heteroatoms. The van der Waals surface area contributed by atoms with Gasteiger partial charge in [0.1, 0.15) is 0 Å². The molecule has 0 radical (unpaired) electrons. The average molecular weight is 296 g/mol. The Balaban J connectivity index is 1.96. The molecule has 0 saturated carbocycles. The maximum Gasteiger partial charge on any atom is 0.240 e. The molecule has 0 amide bonds. The van der Waals surface area contributed by atoms with Crippen molar-refractivity contribution in [3.05, 3.63) is 41.5 Å². The second-order valence-electron chi connectivity index (χ2n) is 4.23. The van der Waals surface area contributed by atoms with Crippen molar-refractivity contribution in [2.45, 2.75) is 24.8 Å². The smallest absolute Gasteiger partial charge is 0.240 e. The molecule has 0 aliphatic carbocycles. The van der Waals surface area contributed by atoms with Gasteiger partial charge in [-0.25, -0.2) is 13.1 Å². The lowest BCUT2D eigenvalue weighted by Gasteiger charge is -2.06. The van der Waals surface area contributed by atoms with E-state index in [-0.39, 0.29) is 11.4 Å². The highest BCUT2D eigenvalue weighted by atomic mass is 32.2. The Morgan fingerprint density at radius 3 is 2.55 bits per heavy atom. The van der Waals surface area contributed by atoms with E-state index in [4.69, 9.17) is 10.3 Å². The fourth-order valence-electron chi connectivity index (χ4n) is 1.62. The van der Waals surface area contributed by atoms with E-state index in [1.54, 1.807) is 19.1 Å². The van der Waals surface area contributed by atoms with Gasteiger partial charge in [-0.3, -0.25) is 0 Å². The van der Waals surface area contributed by atoms with E-state index in [1.807, 2.05) is 0 Å². The monoisotopic (exact) mass is 296 g/mol. The molecule has 3 N–H and O–H groups in total. The van der Waals surface area contributed by atoms with Gasteiger partial charge in [0, 0.05) is 19.5 Å². The molecule has 108 valence electrons. The third kappa shape index (κ3) is 3.62. The van der Waals surface area contributed by atoms with Crippen LogP contribution in [0.5, 0.6) is 0 Å². The first-order valence-electron chi connectivity index (χ1n) is 6.09. The molecule has 2 aromatic rings. The lowest BCUT2D eigenvalue weighted by molar-refractivity contribution is 0.375. The third-order valence-corrected chi connectivity index (χ3v) is 4.15. The summed E-state index contributed by atoms with van der Waals surface area (Å²) in [5.41, 5.74) is 6.35. The molecule has 0 aliphatic rings. The molecule has 1 aromatic heterocycles. The quantitative estimate of drug-likeness (QED) is 0.796. The summed E-state index contributed by atoms with van der Waals surface area (Å²) in [6.07, 6.45) is 0.348. The van der Waals surface area contributed by atoms with E-state index in [9.17, 15) is 8.42 Å². The van der Waals surface area contributed by atoms with Crippen LogP contribution >= 0.6 is 0 Å². The van der Waals surface area contributed by atoms with Crippen LogP contribution in [0.15, 0.2) is 33.7 Å². The zero-order valence-corrected chi connectivity index (χ0v) is 11.9. The highest BCUT2D eigenvalue weighted by Gasteiger charge is 2.13. The second kappa shape index (κ2) is 6.12. The number of hydrogen-bond acceptors (Lipinski definition) is 6. The molecule has 1 heterocycles. The van der Waals surface area contributed by atoms with Gasteiger partial charge in [-0.2, -0.15) is 4.98 Å². The molecule has 0 bridgehead atoms. The van der Waals surface area contributed by atoms with E-state index in [0.717, 1.165) is 5.56 Å². The minimum atomic E-state index is -3.53. The van der Waals surface area contributed by atoms with Crippen molar-refractivity contribution in [3.63, 3.8) is 0 Å². The molecule has 0 spiro atoms. The minimum Gasteiger partial charge on any atom is -0.339 e. The molecular weight excluding hydrogens is 280 g/mol. The van der Waals surface area contributed by atoms with Gasteiger partial charge in [0.05, 0.1) is 4.90 Å². The first-order valence-corrected chi connectivity index (χ1v) is 7.57. The lowest BCUT2D eigenvalue weighted by atomic mass is 10.2. The third-order valence-electron chi connectivity index (χ3n) is 2.67. The maximum atomic E-state index is 12.0. The molecule has 1 aromatic carbocycles. The van der Waals surface area contributed by atoms with Crippen molar-refractivity contribution in [2.24, 2.45) is 5.73 Å². The highest BCUT2D eigenvalue weighted by molar-refractivity contribution is 7.89. The molecule has 7 nitrogen and oxygen atoms in total. The van der Waals surface area contributed by atoms with Crippen LogP contribution in [0.1, 0.15) is 17.3 Å². The number of benzene rings is 1. The van der Waals surface area contributed by atoms with Crippen LogP contribution in [0.2, 0.25) is 0 Å². The maximum absolute atomic E-state index is 12.0. The van der Waals surface area contributed by atoms with E-state index < -0.39 is 10.0 Å². The first-order chi connectivity index (χ1) is 9.51. The van der Waals surface area contributed by atoms with Crippen LogP contribution in [0.4, 0.5) is 0 Å². The number of sulfonamides is 1. The van der Waals surface area contributed by atoms with Crippen molar-refractivity contribution in [3.8, 4) is 0 Å². The van der Waals surface area contributed by atoms with Crippen molar-refractivity contribution in [1.82, 2.24) is 14.9 Å². The Morgan fingerprint density at radius 1 is 1.30 bits per heavy atom. The molecule has 0 aliphatic heterocycles. The van der Waals surface area contributed by atoms with Crippen LogP contribution in [-0.4, -0.2) is 25.1 Å². The predicted octanol–water partition coefficient (Wildman–Crippen LogP) is 0.358. The SMILES string of the molecule is Cc1noc(CCNS(=O)(=O)c2ccc(CN)cc2)n1. The van der Waals surface area contributed by atoms with Crippen LogP contribution in [-0.2, 0) is 23.0 Å². The van der Waals surface area contributed by atoms with Crippen molar-refractivity contribution in [1.29, 1.82) is 0 Å². The largest absolute Gasteiger partial charge is 0.339 e. The van der Waals surface area contributed by atoms with Gasteiger partial charge in [0.15, 0.2) is 5.82 Å². The number of aryl methyl sites for hydroxylation is 1. The Labute approximate surface area is 117 Å². The normalized spacial score (nSPS) is 11.7. The summed E-state index contributed by atoms with van der Waals surface area (Å²) >= 11 is 0. The van der Waals surface area contributed by atoms with Gasteiger partial charge in [0.2, 0.25) is 15.9 Å². The van der Waals surface area contributed by atoms with Crippen LogP contribution in [0.3, 0.4) is 0 Å². The van der Waals surface area contributed by atoms with Gasteiger partial charge in [-0.1, -0.05) is 17.3 Å². The second-order valence-corrected chi connectivity index (χ2v) is 6.00. The number of nitrogens with two attached hydrogens (primary N) is 1. The zero-order valence-electron chi connectivity index (χ0n) is 11.0. The molecular formula is C12H16N4O3S. The molecule has 0 saturated heterocycles. The number of hydrogen-bond donors (Lipinski definition) is 2. The molecule has 20 heavy (non-hydrogen) atoms. The summed E-state index contributed by atoms with van der Waals surface area (Å²) in [4.78, 5) is 4.20. The van der Waals surface area contributed by atoms with Crippen LogP contribution in [0, 0.1) is 6.92 Å². The first kappa shape index (κ1) is 14.6. The van der Waals surface area contributed by atoms with Crippen LogP contribution < -0.4 is 10.5 Å². The predicted molar refractivity (Wildman–Crippen MR) is 72.3 cm³/mol. The summed E-state index contributed by atoms with van der Waals surface area (Å²) < 4.78 is 31.4. The van der Waals surface area contributed by atoms with E-state index in [1.165, 1.54) is 12.1 Å². The summed E-state index contributed by atoms with van der Waals surface area (Å²) in [5, 5.41) is 3.63. The Morgan fingerprint density at radius 2 is 2.00 bits per heavy atom. The number of rotatable bonds is 6. The lowest BCUT2D eigenvalue weighted by Crippen LogP contribution is -2.26.